The smallest absolute Gasteiger partial charge is 0.349 e. The third kappa shape index (κ3) is 6.55. The maximum absolute atomic E-state index is 13.2. The van der Waals surface area contributed by atoms with E-state index in [0.717, 1.165) is 11.3 Å². The third-order valence-corrected chi connectivity index (χ3v) is 5.29. The summed E-state index contributed by atoms with van der Waals surface area (Å²) in [5.74, 6) is -3.47. The molecule has 1 fully saturated rings. The number of thiophene rings is 1. The standard InChI is InChI=1S/C13H16F5N3OS2.ClH/c14-12(15)24-8-1-6-23-10(8)11(22)20-7-9(13(16,17)18)21-4-2-19-3-5-21;/h1,6,9,12,19H,2-5,7H2,(H,20,22);1H. The molecular weight excluding hydrogens is 409 g/mol. The Bertz CT molecular complexity index is 552. The van der Waals surface area contributed by atoms with Crippen molar-refractivity contribution < 1.29 is 26.7 Å². The molecule has 2 rings (SSSR count). The number of thioether (sulfide) groups is 1. The molecule has 2 N–H and O–H groups in total. The van der Waals surface area contributed by atoms with Crippen LogP contribution in [0, 0.1) is 0 Å². The summed E-state index contributed by atoms with van der Waals surface area (Å²) in [4.78, 5) is 13.4. The Morgan fingerprint density at radius 2 is 2.00 bits per heavy atom. The van der Waals surface area contributed by atoms with Gasteiger partial charge < -0.3 is 10.6 Å². The van der Waals surface area contributed by atoms with E-state index < -0.39 is 30.4 Å². The monoisotopic (exact) mass is 425 g/mol. The van der Waals surface area contributed by atoms with E-state index in [4.69, 9.17) is 0 Å². The predicted molar refractivity (Wildman–Crippen MR) is 90.0 cm³/mol. The van der Waals surface area contributed by atoms with Gasteiger partial charge in [0, 0.05) is 37.6 Å². The van der Waals surface area contributed by atoms with E-state index in [0.29, 0.717) is 13.1 Å². The lowest BCUT2D eigenvalue weighted by atomic mass is 10.2. The number of carbonyl (C=O) groups excluding carboxylic acids is 1. The summed E-state index contributed by atoms with van der Waals surface area (Å²) in [6, 6.07) is -0.441. The molecule has 4 nitrogen and oxygen atoms in total. The molecule has 0 saturated carbocycles. The zero-order valence-electron chi connectivity index (χ0n) is 12.8. The summed E-state index contributed by atoms with van der Waals surface area (Å²) in [5.41, 5.74) is 0. The lowest BCUT2D eigenvalue weighted by Crippen LogP contribution is -2.57. The van der Waals surface area contributed by atoms with Gasteiger partial charge in [0.2, 0.25) is 0 Å². The van der Waals surface area contributed by atoms with Crippen molar-refractivity contribution in [1.82, 2.24) is 15.5 Å². The maximum Gasteiger partial charge on any atom is 0.405 e. The van der Waals surface area contributed by atoms with E-state index in [2.05, 4.69) is 10.6 Å². The fraction of sp³-hybridized carbons (Fsp3) is 0.615. The summed E-state index contributed by atoms with van der Waals surface area (Å²) >= 11 is 1.13. The van der Waals surface area contributed by atoms with Crippen LogP contribution in [0.4, 0.5) is 22.0 Å². The van der Waals surface area contributed by atoms with Crippen LogP contribution in [0.25, 0.3) is 0 Å². The highest BCUT2D eigenvalue weighted by molar-refractivity contribution is 7.99. The van der Waals surface area contributed by atoms with Gasteiger partial charge in [-0.2, -0.15) is 22.0 Å². The van der Waals surface area contributed by atoms with E-state index in [1.165, 1.54) is 16.3 Å². The molecule has 0 spiro atoms. The minimum absolute atomic E-state index is 0. The van der Waals surface area contributed by atoms with E-state index in [9.17, 15) is 26.7 Å². The largest absolute Gasteiger partial charge is 0.405 e. The van der Waals surface area contributed by atoms with Crippen molar-refractivity contribution in [2.75, 3.05) is 32.7 Å². The molecule has 0 aromatic carbocycles. The average molecular weight is 426 g/mol. The van der Waals surface area contributed by atoms with Crippen LogP contribution >= 0.6 is 35.5 Å². The maximum atomic E-state index is 13.2. The second-order valence-corrected chi connectivity index (χ2v) is 6.99. The summed E-state index contributed by atoms with van der Waals surface area (Å²) < 4.78 is 64.6. The van der Waals surface area contributed by atoms with Crippen LogP contribution in [0.5, 0.6) is 0 Å². The lowest BCUT2D eigenvalue weighted by Gasteiger charge is -2.35. The molecule has 1 atom stereocenters. The van der Waals surface area contributed by atoms with Gasteiger partial charge in [0.15, 0.2) is 0 Å². The third-order valence-electron chi connectivity index (χ3n) is 3.48. The van der Waals surface area contributed by atoms with Crippen molar-refractivity contribution in [3.8, 4) is 0 Å². The first-order valence-electron chi connectivity index (χ1n) is 7.11. The first kappa shape index (κ1) is 22.4. The molecule has 25 heavy (non-hydrogen) atoms. The van der Waals surface area contributed by atoms with Crippen LogP contribution in [0.3, 0.4) is 0 Å². The minimum atomic E-state index is -4.49. The molecule has 144 valence electrons. The molecule has 12 heteroatoms. The lowest BCUT2D eigenvalue weighted by molar-refractivity contribution is -0.183. The molecule has 1 aromatic rings. The number of amides is 1. The van der Waals surface area contributed by atoms with E-state index in [1.807, 2.05) is 0 Å². The van der Waals surface area contributed by atoms with E-state index >= 15 is 0 Å². The van der Waals surface area contributed by atoms with Crippen LogP contribution in [-0.2, 0) is 0 Å². The van der Waals surface area contributed by atoms with E-state index in [-0.39, 0.29) is 47.0 Å². The van der Waals surface area contributed by atoms with Crippen molar-refractivity contribution >= 4 is 41.4 Å². The van der Waals surface area contributed by atoms with Gasteiger partial charge in [0.05, 0.1) is 0 Å². The van der Waals surface area contributed by atoms with Crippen molar-refractivity contribution in [3.05, 3.63) is 16.3 Å². The predicted octanol–water partition coefficient (Wildman–Crippen LogP) is 3.05. The molecule has 1 saturated heterocycles. The van der Waals surface area contributed by atoms with Crippen LogP contribution in [0.1, 0.15) is 9.67 Å². The molecule has 1 unspecified atom stereocenters. The van der Waals surface area contributed by atoms with Crippen LogP contribution in [0.2, 0.25) is 0 Å². The number of carbonyl (C=O) groups is 1. The van der Waals surface area contributed by atoms with Gasteiger partial charge in [0.25, 0.3) is 11.7 Å². The number of hydrogen-bond acceptors (Lipinski definition) is 5. The molecule has 0 radical (unpaired) electrons. The first-order valence-corrected chi connectivity index (χ1v) is 8.87. The normalized spacial score (nSPS) is 17.2. The number of hydrogen-bond donors (Lipinski definition) is 2. The van der Waals surface area contributed by atoms with Gasteiger partial charge in [-0.05, 0) is 11.4 Å². The zero-order valence-corrected chi connectivity index (χ0v) is 15.3. The van der Waals surface area contributed by atoms with Gasteiger partial charge in [-0.15, -0.1) is 23.7 Å². The molecule has 1 aliphatic heterocycles. The van der Waals surface area contributed by atoms with Crippen molar-refractivity contribution in [3.63, 3.8) is 0 Å². The topological polar surface area (TPSA) is 44.4 Å². The zero-order chi connectivity index (χ0) is 17.7. The number of nitrogens with one attached hydrogen (secondary N) is 2. The highest BCUT2D eigenvalue weighted by atomic mass is 35.5. The Balaban J connectivity index is 0.00000312. The van der Waals surface area contributed by atoms with Gasteiger partial charge in [-0.25, -0.2) is 0 Å². The quantitative estimate of drug-likeness (QED) is 0.543. The number of rotatable bonds is 6. The van der Waals surface area contributed by atoms with Crippen molar-refractivity contribution in [1.29, 1.82) is 0 Å². The molecule has 1 aromatic heterocycles. The van der Waals surface area contributed by atoms with Gasteiger partial charge >= 0.3 is 6.18 Å². The van der Waals surface area contributed by atoms with Crippen molar-refractivity contribution in [2.24, 2.45) is 0 Å². The second-order valence-electron chi connectivity index (χ2n) is 5.05. The summed E-state index contributed by atoms with van der Waals surface area (Å²) in [5, 5.41) is 6.65. The highest BCUT2D eigenvalue weighted by Gasteiger charge is 2.43. The van der Waals surface area contributed by atoms with Crippen LogP contribution in [0.15, 0.2) is 16.3 Å². The fourth-order valence-electron chi connectivity index (χ4n) is 2.37. The Morgan fingerprint density at radius 1 is 1.36 bits per heavy atom. The molecule has 2 heterocycles. The highest BCUT2D eigenvalue weighted by Crippen LogP contribution is 2.32. The molecule has 1 aliphatic rings. The Kier molecular flexibility index (Phi) is 8.89. The Hall–Kier alpha value is -0.620. The Labute approximate surface area is 155 Å². The fourth-order valence-corrected chi connectivity index (χ4v) is 3.98. The SMILES string of the molecule is Cl.O=C(NCC(N1CCNCC1)C(F)(F)F)c1sccc1SC(F)F. The summed E-state index contributed by atoms with van der Waals surface area (Å²) in [6.07, 6.45) is -4.49. The van der Waals surface area contributed by atoms with E-state index in [1.54, 1.807) is 0 Å². The first-order chi connectivity index (χ1) is 11.3. The number of piperazine rings is 1. The summed E-state index contributed by atoms with van der Waals surface area (Å²) in [7, 11) is 0. The van der Waals surface area contributed by atoms with Crippen LogP contribution < -0.4 is 10.6 Å². The number of nitrogens with zero attached hydrogens (tertiary/aromatic N) is 1. The second kappa shape index (κ2) is 9.91. The molecule has 0 aliphatic carbocycles. The Morgan fingerprint density at radius 3 is 2.56 bits per heavy atom. The molecule has 0 bridgehead atoms. The summed E-state index contributed by atoms with van der Waals surface area (Å²) in [6.45, 7) is 0.733. The average Bonchev–Trinajstić information content (AvgIpc) is 2.94. The number of alkyl halides is 5. The van der Waals surface area contributed by atoms with Crippen molar-refractivity contribution in [2.45, 2.75) is 22.9 Å². The van der Waals surface area contributed by atoms with Crippen LogP contribution in [-0.4, -0.2) is 61.5 Å². The van der Waals surface area contributed by atoms with Gasteiger partial charge in [0.1, 0.15) is 10.9 Å². The van der Waals surface area contributed by atoms with Gasteiger partial charge in [-0.1, -0.05) is 11.8 Å². The molecule has 1 amide bonds. The minimum Gasteiger partial charge on any atom is -0.349 e. The van der Waals surface area contributed by atoms with Gasteiger partial charge in [-0.3, -0.25) is 9.69 Å². The molecular formula is C13H17ClF5N3OS2. The number of halogens is 6.